The van der Waals surface area contributed by atoms with Gasteiger partial charge in [0, 0.05) is 0 Å². The van der Waals surface area contributed by atoms with Crippen LogP contribution in [0, 0.1) is 11.3 Å². The highest BCUT2D eigenvalue weighted by Crippen LogP contribution is 2.20. The first kappa shape index (κ1) is 14.1. The summed E-state index contributed by atoms with van der Waals surface area (Å²) in [5.41, 5.74) is -0.134. The van der Waals surface area contributed by atoms with Crippen LogP contribution < -0.4 is 0 Å². The normalized spacial score (nSPS) is 11.6. The maximum absolute atomic E-state index is 11.5. The second-order valence-electron chi connectivity index (χ2n) is 5.04. The van der Waals surface area contributed by atoms with E-state index in [9.17, 15) is 9.59 Å². The van der Waals surface area contributed by atoms with E-state index in [-0.39, 0.29) is 23.7 Å². The fourth-order valence-electron chi connectivity index (χ4n) is 1.29. The van der Waals surface area contributed by atoms with Crippen molar-refractivity contribution in [2.45, 2.75) is 53.9 Å². The van der Waals surface area contributed by atoms with Gasteiger partial charge in [-0.2, -0.15) is 0 Å². The molecule has 0 aromatic carbocycles. The molecule has 0 fully saturated rings. The maximum atomic E-state index is 11.5. The Morgan fingerprint density at radius 3 is 1.93 bits per heavy atom. The van der Waals surface area contributed by atoms with E-state index in [0.717, 1.165) is 12.8 Å². The van der Waals surface area contributed by atoms with Crippen molar-refractivity contribution in [3.8, 4) is 0 Å². The molecule has 0 atom stereocenters. The molecule has 3 nitrogen and oxygen atoms in total. The van der Waals surface area contributed by atoms with Gasteiger partial charge in [-0.05, 0) is 18.3 Å². The minimum atomic E-state index is -0.417. The van der Waals surface area contributed by atoms with E-state index in [2.05, 4.69) is 0 Å². The van der Waals surface area contributed by atoms with Gasteiger partial charge in [0.2, 0.25) is 0 Å². The van der Waals surface area contributed by atoms with Gasteiger partial charge in [0.25, 0.3) is 0 Å². The molecule has 0 aliphatic carbocycles. The van der Waals surface area contributed by atoms with Crippen LogP contribution in [0.2, 0.25) is 0 Å². The number of carbonyl (C=O) groups is 2. The minimum Gasteiger partial charge on any atom is -0.393 e. The lowest BCUT2D eigenvalue weighted by atomic mass is 9.92. The Balaban J connectivity index is 4.13. The van der Waals surface area contributed by atoms with Crippen LogP contribution >= 0.6 is 0 Å². The van der Waals surface area contributed by atoms with Crippen molar-refractivity contribution in [1.29, 1.82) is 0 Å². The van der Waals surface area contributed by atoms with E-state index in [4.69, 9.17) is 4.74 Å². The topological polar surface area (TPSA) is 43.4 Å². The SMILES string of the molecule is CCC(CC)C(=O)OC(=O)CC(C)(C)C. The highest BCUT2D eigenvalue weighted by atomic mass is 16.6. The lowest BCUT2D eigenvalue weighted by Gasteiger charge is -2.17. The van der Waals surface area contributed by atoms with Gasteiger partial charge in [-0.3, -0.25) is 9.59 Å². The van der Waals surface area contributed by atoms with Crippen molar-refractivity contribution in [2.75, 3.05) is 0 Å². The quantitative estimate of drug-likeness (QED) is 0.534. The Kier molecular flexibility index (Phi) is 5.55. The minimum absolute atomic E-state index is 0.134. The molecule has 0 unspecified atom stereocenters. The van der Waals surface area contributed by atoms with Crippen molar-refractivity contribution in [3.63, 3.8) is 0 Å². The molecule has 88 valence electrons. The van der Waals surface area contributed by atoms with Gasteiger partial charge in [0.05, 0.1) is 12.3 Å². The number of hydrogen-bond donors (Lipinski definition) is 0. The molecular formula is C12H22O3. The lowest BCUT2D eigenvalue weighted by Crippen LogP contribution is -2.23. The standard InChI is InChI=1S/C12H22O3/c1-6-9(7-2)11(14)15-10(13)8-12(3,4)5/h9H,6-8H2,1-5H3. The molecular weight excluding hydrogens is 192 g/mol. The summed E-state index contributed by atoms with van der Waals surface area (Å²) in [6.07, 6.45) is 1.72. The fourth-order valence-corrected chi connectivity index (χ4v) is 1.29. The maximum Gasteiger partial charge on any atom is 0.316 e. The second-order valence-corrected chi connectivity index (χ2v) is 5.04. The van der Waals surface area contributed by atoms with Crippen LogP contribution in [-0.4, -0.2) is 11.9 Å². The molecule has 0 radical (unpaired) electrons. The first-order chi connectivity index (χ1) is 6.80. The monoisotopic (exact) mass is 214 g/mol. The van der Waals surface area contributed by atoms with Crippen LogP contribution in [0.25, 0.3) is 0 Å². The number of esters is 2. The van der Waals surface area contributed by atoms with E-state index in [0.29, 0.717) is 0 Å². The largest absolute Gasteiger partial charge is 0.393 e. The first-order valence-electron chi connectivity index (χ1n) is 5.54. The van der Waals surface area contributed by atoms with Crippen LogP contribution in [0.4, 0.5) is 0 Å². The van der Waals surface area contributed by atoms with E-state index in [1.807, 2.05) is 34.6 Å². The summed E-state index contributed by atoms with van der Waals surface area (Å²) in [5, 5.41) is 0. The summed E-state index contributed by atoms with van der Waals surface area (Å²) in [6, 6.07) is 0. The molecule has 0 heterocycles. The Labute approximate surface area is 92.2 Å². The second kappa shape index (κ2) is 5.89. The van der Waals surface area contributed by atoms with Crippen LogP contribution in [0.15, 0.2) is 0 Å². The highest BCUT2D eigenvalue weighted by molar-refractivity contribution is 5.86. The van der Waals surface area contributed by atoms with Gasteiger partial charge in [-0.15, -0.1) is 0 Å². The van der Waals surface area contributed by atoms with Gasteiger partial charge in [0.1, 0.15) is 0 Å². The van der Waals surface area contributed by atoms with Gasteiger partial charge in [-0.25, -0.2) is 0 Å². The van der Waals surface area contributed by atoms with Crippen molar-refractivity contribution in [1.82, 2.24) is 0 Å². The molecule has 0 saturated carbocycles. The molecule has 0 N–H and O–H groups in total. The summed E-state index contributed by atoms with van der Waals surface area (Å²) in [5.74, 6) is -0.942. The Morgan fingerprint density at radius 2 is 1.60 bits per heavy atom. The summed E-state index contributed by atoms with van der Waals surface area (Å²) in [4.78, 5) is 22.8. The number of carbonyl (C=O) groups excluding carboxylic acids is 2. The number of ether oxygens (including phenoxy) is 1. The summed E-state index contributed by atoms with van der Waals surface area (Å²) < 4.78 is 4.79. The van der Waals surface area contributed by atoms with Crippen LogP contribution in [0.5, 0.6) is 0 Å². The summed E-state index contributed by atoms with van der Waals surface area (Å²) in [7, 11) is 0. The molecule has 15 heavy (non-hydrogen) atoms. The van der Waals surface area contributed by atoms with E-state index in [1.165, 1.54) is 0 Å². The molecule has 0 saturated heterocycles. The first-order valence-corrected chi connectivity index (χ1v) is 5.54. The predicted molar refractivity (Wildman–Crippen MR) is 59.2 cm³/mol. The van der Waals surface area contributed by atoms with Gasteiger partial charge in [0.15, 0.2) is 0 Å². The molecule has 0 amide bonds. The van der Waals surface area contributed by atoms with Gasteiger partial charge >= 0.3 is 11.9 Å². The smallest absolute Gasteiger partial charge is 0.316 e. The van der Waals surface area contributed by atoms with Crippen molar-refractivity contribution >= 4 is 11.9 Å². The van der Waals surface area contributed by atoms with Crippen LogP contribution in [-0.2, 0) is 14.3 Å². The zero-order chi connectivity index (χ0) is 12.1. The summed E-state index contributed by atoms with van der Waals surface area (Å²) >= 11 is 0. The van der Waals surface area contributed by atoms with Crippen LogP contribution in [0.1, 0.15) is 53.9 Å². The summed E-state index contributed by atoms with van der Waals surface area (Å²) in [6.45, 7) is 9.66. The van der Waals surface area contributed by atoms with E-state index in [1.54, 1.807) is 0 Å². The molecule has 3 heteroatoms. The predicted octanol–water partition coefficient (Wildman–Crippen LogP) is 2.93. The third-order valence-corrected chi connectivity index (χ3v) is 2.21. The third-order valence-electron chi connectivity index (χ3n) is 2.21. The fraction of sp³-hybridized carbons (Fsp3) is 0.833. The van der Waals surface area contributed by atoms with Gasteiger partial charge < -0.3 is 4.74 Å². The molecule has 0 aliphatic heterocycles. The molecule has 0 rings (SSSR count). The number of rotatable bonds is 4. The average Bonchev–Trinajstić information content (AvgIpc) is 2.02. The molecule has 0 bridgehead atoms. The number of hydrogen-bond acceptors (Lipinski definition) is 3. The van der Waals surface area contributed by atoms with E-state index >= 15 is 0 Å². The van der Waals surface area contributed by atoms with E-state index < -0.39 is 5.97 Å². The highest BCUT2D eigenvalue weighted by Gasteiger charge is 2.23. The third kappa shape index (κ3) is 6.26. The Hall–Kier alpha value is -0.860. The lowest BCUT2D eigenvalue weighted by molar-refractivity contribution is -0.163. The van der Waals surface area contributed by atoms with Crippen molar-refractivity contribution in [2.24, 2.45) is 11.3 Å². The van der Waals surface area contributed by atoms with Crippen molar-refractivity contribution in [3.05, 3.63) is 0 Å². The molecule has 0 aliphatic rings. The average molecular weight is 214 g/mol. The molecule has 0 aromatic heterocycles. The van der Waals surface area contributed by atoms with Crippen LogP contribution in [0.3, 0.4) is 0 Å². The Morgan fingerprint density at radius 1 is 1.13 bits per heavy atom. The zero-order valence-corrected chi connectivity index (χ0v) is 10.4. The molecule has 0 spiro atoms. The molecule has 0 aromatic rings. The Bertz CT molecular complexity index is 222. The zero-order valence-electron chi connectivity index (χ0n) is 10.4. The van der Waals surface area contributed by atoms with Gasteiger partial charge in [-0.1, -0.05) is 34.6 Å². The van der Waals surface area contributed by atoms with Crippen molar-refractivity contribution < 1.29 is 14.3 Å².